The number of aryl methyl sites for hydroxylation is 1. The zero-order valence-corrected chi connectivity index (χ0v) is 21.0. The molecule has 1 aliphatic carbocycles. The molecule has 2 atom stereocenters. The summed E-state index contributed by atoms with van der Waals surface area (Å²) >= 11 is 0. The molecular weight excluding hydrogens is 472 g/mol. The third-order valence-corrected chi connectivity index (χ3v) is 6.87. The normalized spacial score (nSPS) is 13.3. The Labute approximate surface area is 215 Å². The zero-order valence-electron chi connectivity index (χ0n) is 21.0. The molecule has 3 amide bonds. The monoisotopic (exact) mass is 504 g/mol. The van der Waals surface area contributed by atoms with Crippen LogP contribution in [0.15, 0.2) is 48.7 Å². The summed E-state index contributed by atoms with van der Waals surface area (Å²) < 4.78 is 1.56. The van der Waals surface area contributed by atoms with E-state index in [2.05, 4.69) is 39.1 Å². The van der Waals surface area contributed by atoms with Crippen molar-refractivity contribution in [2.75, 3.05) is 5.32 Å². The SMILES string of the molecule is CCC(C)C(CC(=O)NO)C(=O)NCc1cn(CCC(=O)Nc2ccc3c(c2)Cc2ccccc2-3)nn1. The molecule has 1 aromatic heterocycles. The fourth-order valence-electron chi connectivity index (χ4n) is 4.58. The number of anilines is 1. The van der Waals surface area contributed by atoms with Crippen molar-refractivity contribution >= 4 is 23.4 Å². The Hall–Kier alpha value is -4.05. The summed E-state index contributed by atoms with van der Waals surface area (Å²) in [6.45, 7) is 4.32. The second kappa shape index (κ2) is 11.8. The third kappa shape index (κ3) is 6.39. The van der Waals surface area contributed by atoms with Crippen LogP contribution in [0.4, 0.5) is 5.69 Å². The quantitative estimate of drug-likeness (QED) is 0.183. The predicted molar refractivity (Wildman–Crippen MR) is 137 cm³/mol. The van der Waals surface area contributed by atoms with Gasteiger partial charge in [-0.1, -0.05) is 55.8 Å². The third-order valence-electron chi connectivity index (χ3n) is 6.87. The summed E-state index contributed by atoms with van der Waals surface area (Å²) in [5.41, 5.74) is 7.85. The van der Waals surface area contributed by atoms with Crippen molar-refractivity contribution in [3.05, 3.63) is 65.5 Å². The number of nitrogens with zero attached hydrogens (tertiary/aromatic N) is 3. The van der Waals surface area contributed by atoms with Gasteiger partial charge in [-0.05, 0) is 46.7 Å². The van der Waals surface area contributed by atoms with E-state index in [9.17, 15) is 14.4 Å². The predicted octanol–water partition coefficient (Wildman–Crippen LogP) is 3.05. The fraction of sp³-hybridized carbons (Fsp3) is 0.370. The van der Waals surface area contributed by atoms with Gasteiger partial charge in [-0.2, -0.15) is 0 Å². The summed E-state index contributed by atoms with van der Waals surface area (Å²) in [5, 5.41) is 22.6. The highest BCUT2D eigenvalue weighted by Gasteiger charge is 2.26. The van der Waals surface area contributed by atoms with E-state index in [1.54, 1.807) is 16.4 Å². The average molecular weight is 505 g/mol. The topological polar surface area (TPSA) is 138 Å². The molecule has 1 heterocycles. The lowest BCUT2D eigenvalue weighted by molar-refractivity contribution is -0.136. The fourth-order valence-corrected chi connectivity index (χ4v) is 4.58. The first-order chi connectivity index (χ1) is 17.9. The van der Waals surface area contributed by atoms with E-state index in [0.29, 0.717) is 18.7 Å². The van der Waals surface area contributed by atoms with Crippen molar-refractivity contribution in [3.8, 4) is 11.1 Å². The molecule has 0 saturated heterocycles. The molecule has 4 N–H and O–H groups in total. The smallest absolute Gasteiger partial charge is 0.244 e. The first-order valence-corrected chi connectivity index (χ1v) is 12.5. The number of hydroxylamine groups is 1. The molecule has 1 aliphatic rings. The van der Waals surface area contributed by atoms with Crippen LogP contribution < -0.4 is 16.1 Å². The minimum absolute atomic E-state index is 0.0347. The highest BCUT2D eigenvalue weighted by molar-refractivity contribution is 5.91. The molecule has 0 spiro atoms. The standard InChI is InChI=1S/C27H32N6O4/c1-3-17(2)24(14-26(35)31-37)27(36)28-15-21-16-33(32-30-21)11-10-25(34)29-20-8-9-23-19(13-20)12-18-6-4-5-7-22(18)23/h4-9,13,16-17,24,37H,3,10-12,14-15H2,1-2H3,(H,28,36)(H,29,34)(H,31,35). The molecule has 4 rings (SSSR count). The molecule has 2 unspecified atom stereocenters. The van der Waals surface area contributed by atoms with Crippen LogP contribution >= 0.6 is 0 Å². The van der Waals surface area contributed by atoms with Crippen LogP contribution in [0.5, 0.6) is 0 Å². The molecule has 2 aromatic carbocycles. The number of hydrogen-bond donors (Lipinski definition) is 4. The van der Waals surface area contributed by atoms with E-state index in [0.717, 1.165) is 12.1 Å². The van der Waals surface area contributed by atoms with Crippen molar-refractivity contribution in [3.63, 3.8) is 0 Å². The van der Waals surface area contributed by atoms with Crippen LogP contribution in [0.3, 0.4) is 0 Å². The van der Waals surface area contributed by atoms with E-state index < -0.39 is 11.8 Å². The number of carbonyl (C=O) groups excluding carboxylic acids is 3. The lowest BCUT2D eigenvalue weighted by atomic mass is 9.88. The molecule has 37 heavy (non-hydrogen) atoms. The Morgan fingerprint density at radius 3 is 2.65 bits per heavy atom. The van der Waals surface area contributed by atoms with E-state index in [1.807, 2.05) is 38.1 Å². The Kier molecular flexibility index (Phi) is 8.29. The number of benzene rings is 2. The molecule has 10 nitrogen and oxygen atoms in total. The van der Waals surface area contributed by atoms with Gasteiger partial charge in [0.15, 0.2) is 0 Å². The number of aromatic nitrogens is 3. The Morgan fingerprint density at radius 2 is 1.86 bits per heavy atom. The first kappa shape index (κ1) is 26.0. The summed E-state index contributed by atoms with van der Waals surface area (Å²) in [5.74, 6) is -1.62. The number of rotatable bonds is 11. The highest BCUT2D eigenvalue weighted by atomic mass is 16.5. The Bertz CT molecular complexity index is 1290. The lowest BCUT2D eigenvalue weighted by Gasteiger charge is -2.21. The molecule has 194 valence electrons. The lowest BCUT2D eigenvalue weighted by Crippen LogP contribution is -2.37. The van der Waals surface area contributed by atoms with E-state index in [-0.39, 0.29) is 37.1 Å². The number of nitrogens with one attached hydrogen (secondary N) is 3. The van der Waals surface area contributed by atoms with Gasteiger partial charge in [0.25, 0.3) is 0 Å². The van der Waals surface area contributed by atoms with Gasteiger partial charge >= 0.3 is 0 Å². The molecule has 3 aromatic rings. The second-order valence-corrected chi connectivity index (χ2v) is 9.43. The maximum absolute atomic E-state index is 12.6. The van der Waals surface area contributed by atoms with Gasteiger partial charge in [-0.15, -0.1) is 5.10 Å². The number of amides is 3. The summed E-state index contributed by atoms with van der Waals surface area (Å²) in [4.78, 5) is 36.7. The van der Waals surface area contributed by atoms with Crippen LogP contribution in [-0.4, -0.2) is 37.9 Å². The molecule has 10 heteroatoms. The minimum atomic E-state index is -0.602. The largest absolute Gasteiger partial charge is 0.350 e. The van der Waals surface area contributed by atoms with Crippen molar-refractivity contribution in [2.24, 2.45) is 11.8 Å². The van der Waals surface area contributed by atoms with E-state index in [1.165, 1.54) is 22.3 Å². The Morgan fingerprint density at radius 1 is 1.08 bits per heavy atom. The van der Waals surface area contributed by atoms with Gasteiger partial charge in [0, 0.05) is 24.4 Å². The number of hydrogen-bond acceptors (Lipinski definition) is 6. The maximum atomic E-state index is 12.6. The summed E-state index contributed by atoms with van der Waals surface area (Å²) in [6, 6.07) is 14.3. The molecular formula is C27H32N6O4. The van der Waals surface area contributed by atoms with Crippen molar-refractivity contribution in [2.45, 2.75) is 52.6 Å². The minimum Gasteiger partial charge on any atom is -0.350 e. The first-order valence-electron chi connectivity index (χ1n) is 12.5. The van der Waals surface area contributed by atoms with Gasteiger partial charge in [0.05, 0.1) is 19.3 Å². The highest BCUT2D eigenvalue weighted by Crippen LogP contribution is 2.37. The van der Waals surface area contributed by atoms with E-state index >= 15 is 0 Å². The van der Waals surface area contributed by atoms with Crippen molar-refractivity contribution in [1.82, 2.24) is 25.8 Å². The summed E-state index contributed by atoms with van der Waals surface area (Å²) in [7, 11) is 0. The maximum Gasteiger partial charge on any atom is 0.244 e. The second-order valence-electron chi connectivity index (χ2n) is 9.43. The van der Waals surface area contributed by atoms with Crippen LogP contribution in [0.25, 0.3) is 11.1 Å². The van der Waals surface area contributed by atoms with E-state index in [4.69, 9.17) is 5.21 Å². The van der Waals surface area contributed by atoms with Crippen molar-refractivity contribution < 1.29 is 19.6 Å². The van der Waals surface area contributed by atoms with Gasteiger partial charge in [0.2, 0.25) is 17.7 Å². The van der Waals surface area contributed by atoms with Gasteiger partial charge in [0.1, 0.15) is 5.69 Å². The number of fused-ring (bicyclic) bond motifs is 3. The molecule has 0 fully saturated rings. The van der Waals surface area contributed by atoms with Gasteiger partial charge in [-0.25, -0.2) is 5.48 Å². The summed E-state index contributed by atoms with van der Waals surface area (Å²) in [6.07, 6.45) is 3.38. The van der Waals surface area contributed by atoms with Crippen LogP contribution in [0.1, 0.15) is 49.9 Å². The van der Waals surface area contributed by atoms with Crippen LogP contribution in [-0.2, 0) is 33.9 Å². The van der Waals surface area contributed by atoms with Gasteiger partial charge < -0.3 is 10.6 Å². The molecule has 0 radical (unpaired) electrons. The van der Waals surface area contributed by atoms with Crippen molar-refractivity contribution in [1.29, 1.82) is 0 Å². The van der Waals surface area contributed by atoms with Crippen LogP contribution in [0.2, 0.25) is 0 Å². The molecule has 0 bridgehead atoms. The number of carbonyl (C=O) groups is 3. The Balaban J connectivity index is 1.25. The zero-order chi connectivity index (χ0) is 26.4. The average Bonchev–Trinajstić information content (AvgIpc) is 3.52. The molecule has 0 saturated carbocycles. The van der Waals surface area contributed by atoms with Crippen LogP contribution in [0, 0.1) is 11.8 Å². The van der Waals surface area contributed by atoms with Gasteiger partial charge in [-0.3, -0.25) is 24.3 Å². The molecule has 0 aliphatic heterocycles.